The third kappa shape index (κ3) is 3.86. The summed E-state index contributed by atoms with van der Waals surface area (Å²) in [5.74, 6) is 2.61. The van der Waals surface area contributed by atoms with Gasteiger partial charge in [0.15, 0.2) is 5.16 Å². The predicted molar refractivity (Wildman–Crippen MR) is 99.1 cm³/mol. The molecular weight excluding hydrogens is 352 g/mol. The molecule has 1 aromatic rings. The van der Waals surface area contributed by atoms with Crippen LogP contribution >= 0.6 is 11.8 Å². The molecule has 2 heterocycles. The van der Waals surface area contributed by atoms with Crippen molar-refractivity contribution >= 4 is 17.7 Å². The lowest BCUT2D eigenvalue weighted by atomic mass is 9.84. The fourth-order valence-electron chi connectivity index (χ4n) is 5.01. The number of carbonyl (C=O) groups is 1. The van der Waals surface area contributed by atoms with Gasteiger partial charge >= 0.3 is 5.69 Å². The first-order valence-electron chi connectivity index (χ1n) is 9.79. The van der Waals surface area contributed by atoms with Crippen LogP contribution in [-0.2, 0) is 16.1 Å². The van der Waals surface area contributed by atoms with Gasteiger partial charge in [-0.15, -0.1) is 5.10 Å². The van der Waals surface area contributed by atoms with Gasteiger partial charge in [0.1, 0.15) is 0 Å². The molecule has 8 heteroatoms. The number of aromatic nitrogens is 3. The first-order chi connectivity index (χ1) is 12.6. The molecule has 0 aromatic carbocycles. The van der Waals surface area contributed by atoms with Crippen molar-refractivity contribution in [2.75, 3.05) is 12.4 Å². The highest BCUT2D eigenvalue weighted by molar-refractivity contribution is 7.99. The number of carbonyl (C=O) groups excluding carboxylic acids is 1. The third-order valence-electron chi connectivity index (χ3n) is 6.29. The second-order valence-corrected chi connectivity index (χ2v) is 8.98. The maximum atomic E-state index is 12.4. The molecule has 0 spiro atoms. The molecule has 3 aliphatic rings. The Bertz CT molecular complexity index is 697. The fraction of sp³-hybridized carbons (Fsp3) is 0.833. The number of hydrogen-bond acceptors (Lipinski definition) is 5. The fourth-order valence-corrected chi connectivity index (χ4v) is 5.77. The minimum absolute atomic E-state index is 0.0180. The molecule has 1 aromatic heterocycles. The van der Waals surface area contributed by atoms with E-state index in [2.05, 4.69) is 22.4 Å². The van der Waals surface area contributed by atoms with Crippen molar-refractivity contribution in [3.8, 4) is 0 Å². The van der Waals surface area contributed by atoms with Crippen molar-refractivity contribution in [3.63, 3.8) is 0 Å². The minimum Gasteiger partial charge on any atom is -0.376 e. The molecular formula is C18H28N4O3S. The van der Waals surface area contributed by atoms with Gasteiger partial charge in [0.25, 0.3) is 0 Å². The molecule has 2 saturated carbocycles. The van der Waals surface area contributed by atoms with Crippen LogP contribution in [0.2, 0.25) is 0 Å². The van der Waals surface area contributed by atoms with E-state index in [0.29, 0.717) is 17.6 Å². The lowest BCUT2D eigenvalue weighted by Gasteiger charge is -2.28. The number of H-pyrrole nitrogens is 1. The van der Waals surface area contributed by atoms with Gasteiger partial charge in [-0.1, -0.05) is 18.2 Å². The zero-order valence-electron chi connectivity index (χ0n) is 15.3. The number of rotatable bonds is 7. The van der Waals surface area contributed by atoms with Crippen LogP contribution in [0.5, 0.6) is 0 Å². The normalized spacial score (nSPS) is 31.4. The highest BCUT2D eigenvalue weighted by atomic mass is 32.2. The van der Waals surface area contributed by atoms with Gasteiger partial charge < -0.3 is 10.1 Å². The largest absolute Gasteiger partial charge is 0.376 e. The standard InChI is InChI=1S/C18H28N4O3S/c1-11(15-8-12-4-5-13(15)7-12)19-16(23)10-26-18-21-20-17(24)22(18)9-14-3-2-6-25-14/h11-15H,2-10H2,1H3,(H,19,23)(H,20,24). The summed E-state index contributed by atoms with van der Waals surface area (Å²) in [5.41, 5.74) is -0.237. The topological polar surface area (TPSA) is 89.0 Å². The first-order valence-corrected chi connectivity index (χ1v) is 10.8. The lowest BCUT2D eigenvalue weighted by molar-refractivity contribution is -0.119. The van der Waals surface area contributed by atoms with Crippen LogP contribution in [0.25, 0.3) is 0 Å². The van der Waals surface area contributed by atoms with Gasteiger partial charge in [-0.05, 0) is 56.8 Å². The van der Waals surface area contributed by atoms with E-state index >= 15 is 0 Å². The second-order valence-electron chi connectivity index (χ2n) is 8.04. The van der Waals surface area contributed by atoms with Crippen LogP contribution in [0.15, 0.2) is 9.95 Å². The average molecular weight is 381 g/mol. The van der Waals surface area contributed by atoms with Crippen LogP contribution in [0.4, 0.5) is 0 Å². The quantitative estimate of drug-likeness (QED) is 0.704. The Balaban J connectivity index is 1.28. The molecule has 5 unspecified atom stereocenters. The maximum Gasteiger partial charge on any atom is 0.344 e. The average Bonchev–Trinajstić information content (AvgIpc) is 3.40. The monoisotopic (exact) mass is 380 g/mol. The van der Waals surface area contributed by atoms with Crippen molar-refractivity contribution in [1.82, 2.24) is 20.1 Å². The Labute approximate surface area is 157 Å². The van der Waals surface area contributed by atoms with E-state index < -0.39 is 0 Å². The Kier molecular flexibility index (Phi) is 5.40. The van der Waals surface area contributed by atoms with Crippen LogP contribution in [0.1, 0.15) is 45.4 Å². The van der Waals surface area contributed by atoms with Crippen LogP contribution in [0, 0.1) is 17.8 Å². The van der Waals surface area contributed by atoms with Crippen LogP contribution in [0.3, 0.4) is 0 Å². The van der Waals surface area contributed by atoms with Gasteiger partial charge in [-0.25, -0.2) is 9.89 Å². The van der Waals surface area contributed by atoms with E-state index in [1.54, 1.807) is 4.57 Å². The van der Waals surface area contributed by atoms with Gasteiger partial charge in [-0.3, -0.25) is 9.36 Å². The number of nitrogens with zero attached hydrogens (tertiary/aromatic N) is 2. The van der Waals surface area contributed by atoms with Crippen molar-refractivity contribution < 1.29 is 9.53 Å². The summed E-state index contributed by atoms with van der Waals surface area (Å²) < 4.78 is 7.20. The van der Waals surface area contributed by atoms with Crippen LogP contribution in [-0.4, -0.2) is 45.2 Å². The smallest absolute Gasteiger partial charge is 0.344 e. The molecule has 7 nitrogen and oxygen atoms in total. The van der Waals surface area contributed by atoms with Gasteiger partial charge in [-0.2, -0.15) is 0 Å². The summed E-state index contributed by atoms with van der Waals surface area (Å²) in [5, 5.41) is 10.3. The number of aromatic amines is 1. The Hall–Kier alpha value is -1.28. The molecule has 2 N–H and O–H groups in total. The summed E-state index contributed by atoms with van der Waals surface area (Å²) >= 11 is 1.31. The van der Waals surface area contributed by atoms with E-state index in [4.69, 9.17) is 4.74 Å². The number of ether oxygens (including phenoxy) is 1. The van der Waals surface area contributed by atoms with Crippen molar-refractivity contribution in [2.24, 2.45) is 17.8 Å². The summed E-state index contributed by atoms with van der Waals surface area (Å²) in [6, 6.07) is 0.228. The molecule has 0 radical (unpaired) electrons. The SMILES string of the molecule is CC(NC(=O)CSc1n[nH]c(=O)n1CC1CCCO1)C1CC2CCC1C2. The minimum atomic E-state index is -0.237. The molecule has 2 aliphatic carbocycles. The van der Waals surface area contributed by atoms with E-state index in [9.17, 15) is 9.59 Å². The summed E-state index contributed by atoms with van der Waals surface area (Å²) in [4.78, 5) is 24.3. The molecule has 26 heavy (non-hydrogen) atoms. The van der Waals surface area contributed by atoms with E-state index in [-0.39, 0.29) is 29.5 Å². The van der Waals surface area contributed by atoms with Gasteiger partial charge in [0.05, 0.1) is 18.4 Å². The molecule has 1 saturated heterocycles. The zero-order chi connectivity index (χ0) is 18.1. The molecule has 1 aliphatic heterocycles. The molecule has 1 amide bonds. The van der Waals surface area contributed by atoms with Crippen molar-refractivity contribution in [3.05, 3.63) is 10.5 Å². The summed E-state index contributed by atoms with van der Waals surface area (Å²) in [6.07, 6.45) is 7.37. The number of nitrogens with one attached hydrogen (secondary N) is 2. The van der Waals surface area contributed by atoms with E-state index in [1.165, 1.54) is 37.4 Å². The Morgan fingerprint density at radius 1 is 1.42 bits per heavy atom. The highest BCUT2D eigenvalue weighted by Crippen LogP contribution is 2.49. The molecule has 144 valence electrons. The highest BCUT2D eigenvalue weighted by Gasteiger charge is 2.42. The number of thioether (sulfide) groups is 1. The lowest BCUT2D eigenvalue weighted by Crippen LogP contribution is -2.41. The number of fused-ring (bicyclic) bond motifs is 2. The molecule has 5 atom stereocenters. The summed E-state index contributed by atoms with van der Waals surface area (Å²) in [6.45, 7) is 3.39. The predicted octanol–water partition coefficient (Wildman–Crippen LogP) is 1.78. The van der Waals surface area contributed by atoms with E-state index in [1.807, 2.05) is 0 Å². The Morgan fingerprint density at radius 2 is 2.31 bits per heavy atom. The van der Waals surface area contributed by atoms with Crippen LogP contribution < -0.4 is 11.0 Å². The molecule has 4 rings (SSSR count). The Morgan fingerprint density at radius 3 is 3.00 bits per heavy atom. The second kappa shape index (κ2) is 7.76. The third-order valence-corrected chi connectivity index (χ3v) is 7.27. The van der Waals surface area contributed by atoms with Crippen molar-refractivity contribution in [2.45, 2.75) is 69.3 Å². The number of hydrogen-bond donors (Lipinski definition) is 2. The maximum absolute atomic E-state index is 12.4. The molecule has 3 fully saturated rings. The first kappa shape index (κ1) is 18.1. The van der Waals surface area contributed by atoms with E-state index in [0.717, 1.165) is 31.3 Å². The summed E-state index contributed by atoms with van der Waals surface area (Å²) in [7, 11) is 0. The van der Waals surface area contributed by atoms with Gasteiger partial charge in [0.2, 0.25) is 5.91 Å². The van der Waals surface area contributed by atoms with Crippen molar-refractivity contribution in [1.29, 1.82) is 0 Å². The van der Waals surface area contributed by atoms with Gasteiger partial charge in [0, 0.05) is 12.6 Å². The number of amides is 1. The molecule has 2 bridgehead atoms. The zero-order valence-corrected chi connectivity index (χ0v) is 16.1.